The first kappa shape index (κ1) is 14.9. The van der Waals surface area contributed by atoms with Crippen molar-refractivity contribution in [3.63, 3.8) is 0 Å². The standard InChI is InChI=1S/C15H9ClN4O3S/c16-11-4-2-1-3-10(11)13-18-15(23-20-13)21-7-12-17-14(22-19-12)9-5-6-24-8-9/h1-6,8H,7H2. The zero-order valence-electron chi connectivity index (χ0n) is 12.0. The van der Waals surface area contributed by atoms with Gasteiger partial charge in [0.2, 0.25) is 11.6 Å². The van der Waals surface area contributed by atoms with Gasteiger partial charge in [0.1, 0.15) is 0 Å². The molecule has 0 unspecified atom stereocenters. The van der Waals surface area contributed by atoms with Gasteiger partial charge in [-0.25, -0.2) is 0 Å². The Labute approximate surface area is 144 Å². The van der Waals surface area contributed by atoms with Gasteiger partial charge in [-0.05, 0) is 23.6 Å². The number of rotatable bonds is 5. The SMILES string of the molecule is Clc1ccccc1-c1noc(OCc2noc(-c3ccsc3)n2)n1. The maximum atomic E-state index is 6.10. The van der Waals surface area contributed by atoms with Crippen molar-refractivity contribution in [1.29, 1.82) is 0 Å². The van der Waals surface area contributed by atoms with Crippen molar-refractivity contribution < 1.29 is 13.8 Å². The van der Waals surface area contributed by atoms with Gasteiger partial charge in [0.05, 0.1) is 10.6 Å². The van der Waals surface area contributed by atoms with E-state index in [0.29, 0.717) is 28.1 Å². The first-order chi connectivity index (χ1) is 11.8. The smallest absolute Gasteiger partial charge is 0.418 e. The molecule has 0 fully saturated rings. The summed E-state index contributed by atoms with van der Waals surface area (Å²) in [5.41, 5.74) is 1.54. The number of nitrogens with zero attached hydrogens (tertiary/aromatic N) is 4. The van der Waals surface area contributed by atoms with Crippen LogP contribution >= 0.6 is 22.9 Å². The van der Waals surface area contributed by atoms with E-state index in [1.165, 1.54) is 0 Å². The highest BCUT2D eigenvalue weighted by molar-refractivity contribution is 7.08. The third kappa shape index (κ3) is 3.01. The molecule has 0 aliphatic heterocycles. The molecule has 120 valence electrons. The molecule has 3 aromatic heterocycles. The van der Waals surface area contributed by atoms with Crippen molar-refractivity contribution in [1.82, 2.24) is 20.3 Å². The minimum atomic E-state index is 0.00630. The van der Waals surface area contributed by atoms with Gasteiger partial charge in [-0.15, -0.1) is 0 Å². The number of ether oxygens (including phenoxy) is 1. The molecule has 0 saturated heterocycles. The number of hydrogen-bond donors (Lipinski definition) is 0. The monoisotopic (exact) mass is 360 g/mol. The quantitative estimate of drug-likeness (QED) is 0.529. The third-order valence-electron chi connectivity index (χ3n) is 3.08. The van der Waals surface area contributed by atoms with Crippen LogP contribution in [0, 0.1) is 0 Å². The normalized spacial score (nSPS) is 10.9. The average molecular weight is 361 g/mol. The average Bonchev–Trinajstić information content (AvgIpc) is 3.34. The molecule has 0 bridgehead atoms. The molecule has 4 aromatic rings. The fourth-order valence-electron chi connectivity index (χ4n) is 1.96. The zero-order chi connectivity index (χ0) is 16.4. The molecular weight excluding hydrogens is 352 g/mol. The molecule has 0 aliphatic rings. The summed E-state index contributed by atoms with van der Waals surface area (Å²) in [7, 11) is 0. The fraction of sp³-hybridized carbons (Fsp3) is 0.0667. The molecule has 4 rings (SSSR count). The second-order valence-electron chi connectivity index (χ2n) is 4.68. The van der Waals surface area contributed by atoms with Crippen LogP contribution in [0.4, 0.5) is 0 Å². The van der Waals surface area contributed by atoms with E-state index in [4.69, 9.17) is 25.4 Å². The summed E-state index contributed by atoms with van der Waals surface area (Å²) in [6, 6.07) is 9.10. The fourth-order valence-corrected chi connectivity index (χ4v) is 2.81. The second kappa shape index (κ2) is 6.42. The highest BCUT2D eigenvalue weighted by Gasteiger charge is 2.14. The molecular formula is C15H9ClN4O3S. The zero-order valence-corrected chi connectivity index (χ0v) is 13.6. The number of hydrogen-bond acceptors (Lipinski definition) is 8. The Bertz CT molecular complexity index is 951. The largest absolute Gasteiger partial charge is 0.440 e. The van der Waals surface area contributed by atoms with Crippen LogP contribution < -0.4 is 4.74 Å². The molecule has 0 amide bonds. The van der Waals surface area contributed by atoms with E-state index in [1.807, 2.05) is 29.0 Å². The maximum absolute atomic E-state index is 6.10. The lowest BCUT2D eigenvalue weighted by molar-refractivity contribution is 0.188. The first-order valence-electron chi connectivity index (χ1n) is 6.86. The van der Waals surface area contributed by atoms with Gasteiger partial charge in [-0.2, -0.15) is 21.3 Å². The van der Waals surface area contributed by atoms with Crippen LogP contribution in [0.25, 0.3) is 22.8 Å². The van der Waals surface area contributed by atoms with Crippen molar-refractivity contribution in [2.75, 3.05) is 0 Å². The molecule has 9 heteroatoms. The Kier molecular flexibility index (Phi) is 3.97. The molecule has 0 aliphatic carbocycles. The minimum Gasteiger partial charge on any atom is -0.440 e. The van der Waals surface area contributed by atoms with Gasteiger partial charge < -0.3 is 9.26 Å². The molecule has 0 spiro atoms. The van der Waals surface area contributed by atoms with Crippen LogP contribution in [-0.2, 0) is 6.61 Å². The lowest BCUT2D eigenvalue weighted by atomic mass is 10.2. The Morgan fingerprint density at radius 2 is 2.00 bits per heavy atom. The van der Waals surface area contributed by atoms with Gasteiger partial charge in [0, 0.05) is 10.9 Å². The summed E-state index contributed by atoms with van der Waals surface area (Å²) in [5.74, 6) is 1.17. The number of benzene rings is 1. The summed E-state index contributed by atoms with van der Waals surface area (Å²) >= 11 is 7.65. The van der Waals surface area contributed by atoms with Crippen LogP contribution in [0.1, 0.15) is 5.82 Å². The molecule has 7 nitrogen and oxygen atoms in total. The van der Waals surface area contributed by atoms with E-state index in [0.717, 1.165) is 5.56 Å². The Morgan fingerprint density at radius 3 is 2.83 bits per heavy atom. The Balaban J connectivity index is 1.45. The van der Waals surface area contributed by atoms with Crippen LogP contribution in [0.2, 0.25) is 5.02 Å². The van der Waals surface area contributed by atoms with E-state index < -0.39 is 0 Å². The van der Waals surface area contributed by atoms with Gasteiger partial charge in [0.15, 0.2) is 6.61 Å². The Hall–Kier alpha value is -2.71. The molecule has 3 heterocycles. The van der Waals surface area contributed by atoms with Crippen LogP contribution in [0.3, 0.4) is 0 Å². The van der Waals surface area contributed by atoms with E-state index in [2.05, 4.69) is 20.3 Å². The summed E-state index contributed by atoms with van der Waals surface area (Å²) in [4.78, 5) is 8.38. The van der Waals surface area contributed by atoms with Crippen molar-refractivity contribution in [3.8, 4) is 28.9 Å². The summed E-state index contributed by atoms with van der Waals surface area (Å²) < 4.78 is 15.6. The highest BCUT2D eigenvalue weighted by Crippen LogP contribution is 2.26. The molecule has 0 N–H and O–H groups in total. The highest BCUT2D eigenvalue weighted by atomic mass is 35.5. The van der Waals surface area contributed by atoms with Crippen LogP contribution in [0.5, 0.6) is 6.08 Å². The predicted octanol–water partition coefficient (Wildman–Crippen LogP) is 4.08. The van der Waals surface area contributed by atoms with Crippen molar-refractivity contribution in [2.45, 2.75) is 6.61 Å². The van der Waals surface area contributed by atoms with Crippen LogP contribution in [-0.4, -0.2) is 20.3 Å². The lowest BCUT2D eigenvalue weighted by Gasteiger charge is -1.96. The van der Waals surface area contributed by atoms with Crippen molar-refractivity contribution in [2.24, 2.45) is 0 Å². The van der Waals surface area contributed by atoms with E-state index >= 15 is 0 Å². The first-order valence-corrected chi connectivity index (χ1v) is 8.18. The molecule has 24 heavy (non-hydrogen) atoms. The molecule has 0 atom stereocenters. The van der Waals surface area contributed by atoms with Gasteiger partial charge in [0.25, 0.3) is 5.89 Å². The third-order valence-corrected chi connectivity index (χ3v) is 4.10. The molecule has 0 radical (unpaired) electrons. The Morgan fingerprint density at radius 1 is 1.08 bits per heavy atom. The van der Waals surface area contributed by atoms with E-state index in [1.54, 1.807) is 23.5 Å². The lowest BCUT2D eigenvalue weighted by Crippen LogP contribution is -1.97. The molecule has 0 saturated carbocycles. The second-order valence-corrected chi connectivity index (χ2v) is 5.87. The topological polar surface area (TPSA) is 87.1 Å². The van der Waals surface area contributed by atoms with Crippen molar-refractivity contribution in [3.05, 3.63) is 51.9 Å². The number of halogens is 1. The summed E-state index contributed by atoms with van der Waals surface area (Å²) in [5, 5.41) is 12.1. The summed E-state index contributed by atoms with van der Waals surface area (Å²) in [6.45, 7) is 0.0534. The van der Waals surface area contributed by atoms with Crippen molar-refractivity contribution >= 4 is 22.9 Å². The number of aromatic nitrogens is 4. The van der Waals surface area contributed by atoms with Gasteiger partial charge in [-0.3, -0.25) is 4.52 Å². The van der Waals surface area contributed by atoms with Gasteiger partial charge in [-0.1, -0.05) is 34.0 Å². The number of thiophene rings is 1. The van der Waals surface area contributed by atoms with Crippen LogP contribution in [0.15, 0.2) is 50.1 Å². The summed E-state index contributed by atoms with van der Waals surface area (Å²) in [6.07, 6.45) is 0.00630. The van der Waals surface area contributed by atoms with Gasteiger partial charge >= 0.3 is 6.08 Å². The molecule has 1 aromatic carbocycles. The minimum absolute atomic E-state index is 0.00630. The van der Waals surface area contributed by atoms with E-state index in [9.17, 15) is 0 Å². The maximum Gasteiger partial charge on any atom is 0.418 e. The van der Waals surface area contributed by atoms with E-state index in [-0.39, 0.29) is 12.7 Å². The predicted molar refractivity (Wildman–Crippen MR) is 86.7 cm³/mol.